The fourth-order valence-corrected chi connectivity index (χ4v) is 2.03. The zero-order chi connectivity index (χ0) is 14.5. The van der Waals surface area contributed by atoms with E-state index < -0.39 is 4.92 Å². The Balaban J connectivity index is 2.18. The van der Waals surface area contributed by atoms with Gasteiger partial charge in [0.05, 0.1) is 16.9 Å². The van der Waals surface area contributed by atoms with E-state index in [4.69, 9.17) is 0 Å². The number of nitrogens with zero attached hydrogens (tertiary/aromatic N) is 2. The van der Waals surface area contributed by atoms with Gasteiger partial charge in [-0.3, -0.25) is 10.1 Å². The Morgan fingerprint density at radius 1 is 1.15 bits per heavy atom. The number of hydrogen-bond donors (Lipinski definition) is 0. The molecule has 0 saturated heterocycles. The van der Waals surface area contributed by atoms with Crippen LogP contribution in [-0.2, 0) is 6.42 Å². The van der Waals surface area contributed by atoms with Gasteiger partial charge in [-0.15, -0.1) is 0 Å². The second kappa shape index (κ2) is 5.98. The Morgan fingerprint density at radius 3 is 2.25 bits per heavy atom. The van der Waals surface area contributed by atoms with Crippen molar-refractivity contribution >= 4 is 5.69 Å². The molecule has 0 unspecified atom stereocenters. The first kappa shape index (κ1) is 13.8. The molecule has 0 aliphatic carbocycles. The summed E-state index contributed by atoms with van der Waals surface area (Å²) in [6.45, 7) is 2.02. The van der Waals surface area contributed by atoms with E-state index in [0.717, 1.165) is 11.1 Å². The van der Waals surface area contributed by atoms with Crippen LogP contribution >= 0.6 is 0 Å². The number of rotatable bonds is 4. The van der Waals surface area contributed by atoms with Crippen molar-refractivity contribution in [2.24, 2.45) is 0 Å². The van der Waals surface area contributed by atoms with E-state index in [9.17, 15) is 15.4 Å². The second-order valence-corrected chi connectivity index (χ2v) is 4.72. The molecule has 100 valence electrons. The average molecular weight is 266 g/mol. The Labute approximate surface area is 117 Å². The third kappa shape index (κ3) is 3.21. The van der Waals surface area contributed by atoms with Crippen LogP contribution in [0, 0.1) is 28.4 Å². The molecule has 0 radical (unpaired) electrons. The standard InChI is InChI=1S/C16H14N2O2/c1-12-2-4-13(5-3-12)10-15(11-17)14-6-8-16(9-7-14)18(19)20/h2-9,15H,10H2,1H3/t15-/m0/s1. The summed E-state index contributed by atoms with van der Waals surface area (Å²) in [6, 6.07) is 16.5. The second-order valence-electron chi connectivity index (χ2n) is 4.72. The van der Waals surface area contributed by atoms with Gasteiger partial charge in [-0.25, -0.2) is 0 Å². The van der Waals surface area contributed by atoms with Gasteiger partial charge in [-0.1, -0.05) is 42.0 Å². The van der Waals surface area contributed by atoms with E-state index in [-0.39, 0.29) is 11.6 Å². The third-order valence-electron chi connectivity index (χ3n) is 3.22. The van der Waals surface area contributed by atoms with Crippen molar-refractivity contribution in [1.29, 1.82) is 5.26 Å². The molecule has 2 rings (SSSR count). The monoisotopic (exact) mass is 266 g/mol. The lowest BCUT2D eigenvalue weighted by Gasteiger charge is -2.09. The molecule has 0 heterocycles. The van der Waals surface area contributed by atoms with Gasteiger partial charge < -0.3 is 0 Å². The van der Waals surface area contributed by atoms with Crippen LogP contribution in [0.4, 0.5) is 5.69 Å². The lowest BCUT2D eigenvalue weighted by Crippen LogP contribution is -2.01. The van der Waals surface area contributed by atoms with Crippen molar-refractivity contribution in [2.45, 2.75) is 19.3 Å². The van der Waals surface area contributed by atoms with E-state index in [0.29, 0.717) is 6.42 Å². The SMILES string of the molecule is Cc1ccc(C[C@@H](C#N)c2ccc([N+](=O)[O-])cc2)cc1. The average Bonchev–Trinajstić information content (AvgIpc) is 2.47. The zero-order valence-electron chi connectivity index (χ0n) is 11.1. The number of non-ortho nitro benzene ring substituents is 1. The number of nitro benzene ring substituents is 1. The van der Waals surface area contributed by atoms with E-state index in [1.54, 1.807) is 12.1 Å². The molecular weight excluding hydrogens is 252 g/mol. The number of nitro groups is 1. The summed E-state index contributed by atoms with van der Waals surface area (Å²) in [6.07, 6.45) is 0.606. The van der Waals surface area contributed by atoms with E-state index in [2.05, 4.69) is 6.07 Å². The summed E-state index contributed by atoms with van der Waals surface area (Å²) < 4.78 is 0. The quantitative estimate of drug-likeness (QED) is 0.625. The highest BCUT2D eigenvalue weighted by Gasteiger charge is 2.13. The van der Waals surface area contributed by atoms with Crippen molar-refractivity contribution in [3.8, 4) is 6.07 Å². The van der Waals surface area contributed by atoms with Crippen LogP contribution in [0.25, 0.3) is 0 Å². The molecule has 0 aliphatic heterocycles. The third-order valence-corrected chi connectivity index (χ3v) is 3.22. The van der Waals surface area contributed by atoms with Gasteiger partial charge in [-0.2, -0.15) is 5.26 Å². The van der Waals surface area contributed by atoms with Gasteiger partial charge in [0.2, 0.25) is 0 Å². The summed E-state index contributed by atoms with van der Waals surface area (Å²) in [7, 11) is 0. The molecule has 0 aromatic heterocycles. The number of aryl methyl sites for hydroxylation is 1. The number of benzene rings is 2. The smallest absolute Gasteiger partial charge is 0.258 e. The Hall–Kier alpha value is -2.67. The van der Waals surface area contributed by atoms with Crippen molar-refractivity contribution in [3.63, 3.8) is 0 Å². The minimum absolute atomic E-state index is 0.0424. The number of hydrogen-bond acceptors (Lipinski definition) is 3. The van der Waals surface area contributed by atoms with E-state index in [1.165, 1.54) is 17.7 Å². The molecule has 0 saturated carbocycles. The molecule has 2 aromatic rings. The van der Waals surface area contributed by atoms with Crippen LogP contribution in [0.5, 0.6) is 0 Å². The molecule has 0 N–H and O–H groups in total. The molecule has 4 heteroatoms. The fraction of sp³-hybridized carbons (Fsp3) is 0.188. The van der Waals surface area contributed by atoms with Crippen LogP contribution in [-0.4, -0.2) is 4.92 Å². The van der Waals surface area contributed by atoms with Crippen molar-refractivity contribution in [1.82, 2.24) is 0 Å². The van der Waals surface area contributed by atoms with Gasteiger partial charge in [0, 0.05) is 12.1 Å². The summed E-state index contributed by atoms with van der Waals surface area (Å²) in [4.78, 5) is 10.2. The first-order valence-electron chi connectivity index (χ1n) is 6.29. The summed E-state index contributed by atoms with van der Waals surface area (Å²) in [5.41, 5.74) is 3.11. The fourth-order valence-electron chi connectivity index (χ4n) is 2.03. The van der Waals surface area contributed by atoms with E-state index in [1.807, 2.05) is 31.2 Å². The Morgan fingerprint density at radius 2 is 1.75 bits per heavy atom. The van der Waals surface area contributed by atoms with Crippen molar-refractivity contribution in [3.05, 3.63) is 75.3 Å². The van der Waals surface area contributed by atoms with Crippen LogP contribution in [0.3, 0.4) is 0 Å². The molecule has 0 aliphatic rings. The number of nitriles is 1. The van der Waals surface area contributed by atoms with Gasteiger partial charge in [0.25, 0.3) is 5.69 Å². The van der Waals surface area contributed by atoms with Gasteiger partial charge in [-0.05, 0) is 24.5 Å². The van der Waals surface area contributed by atoms with Gasteiger partial charge >= 0.3 is 0 Å². The Bertz CT molecular complexity index is 640. The topological polar surface area (TPSA) is 66.9 Å². The predicted octanol–water partition coefficient (Wildman–Crippen LogP) is 3.75. The van der Waals surface area contributed by atoms with Gasteiger partial charge in [0.15, 0.2) is 0 Å². The summed E-state index contributed by atoms with van der Waals surface area (Å²) in [5, 5.41) is 19.9. The predicted molar refractivity (Wildman–Crippen MR) is 76.3 cm³/mol. The first-order chi connectivity index (χ1) is 9.60. The lowest BCUT2D eigenvalue weighted by atomic mass is 9.93. The minimum atomic E-state index is -0.439. The molecule has 0 fully saturated rings. The van der Waals surface area contributed by atoms with Crippen LogP contribution in [0.2, 0.25) is 0 Å². The maximum atomic E-state index is 10.6. The highest BCUT2D eigenvalue weighted by molar-refractivity contribution is 5.37. The van der Waals surface area contributed by atoms with Crippen LogP contribution in [0.15, 0.2) is 48.5 Å². The molecule has 0 bridgehead atoms. The van der Waals surface area contributed by atoms with Crippen molar-refractivity contribution in [2.75, 3.05) is 0 Å². The molecule has 20 heavy (non-hydrogen) atoms. The first-order valence-corrected chi connectivity index (χ1v) is 6.29. The normalized spacial score (nSPS) is 11.6. The summed E-state index contributed by atoms with van der Waals surface area (Å²) >= 11 is 0. The minimum Gasteiger partial charge on any atom is -0.258 e. The molecular formula is C16H14N2O2. The molecule has 1 atom stereocenters. The molecule has 2 aromatic carbocycles. The van der Waals surface area contributed by atoms with Crippen molar-refractivity contribution < 1.29 is 4.92 Å². The highest BCUT2D eigenvalue weighted by Crippen LogP contribution is 2.23. The molecule has 0 amide bonds. The molecule has 4 nitrogen and oxygen atoms in total. The maximum Gasteiger partial charge on any atom is 0.269 e. The maximum absolute atomic E-state index is 10.6. The van der Waals surface area contributed by atoms with Crippen LogP contribution in [0.1, 0.15) is 22.6 Å². The largest absolute Gasteiger partial charge is 0.269 e. The Kier molecular flexibility index (Phi) is 4.11. The highest BCUT2D eigenvalue weighted by atomic mass is 16.6. The zero-order valence-corrected chi connectivity index (χ0v) is 11.1. The lowest BCUT2D eigenvalue weighted by molar-refractivity contribution is -0.384. The van der Waals surface area contributed by atoms with Crippen LogP contribution < -0.4 is 0 Å². The van der Waals surface area contributed by atoms with E-state index >= 15 is 0 Å². The molecule has 0 spiro atoms. The van der Waals surface area contributed by atoms with Gasteiger partial charge in [0.1, 0.15) is 0 Å². The summed E-state index contributed by atoms with van der Waals surface area (Å²) in [5.74, 6) is -0.293.